The van der Waals surface area contributed by atoms with Gasteiger partial charge in [0.15, 0.2) is 0 Å². The summed E-state index contributed by atoms with van der Waals surface area (Å²) in [6, 6.07) is 0. The molecule has 0 aliphatic rings. The Morgan fingerprint density at radius 2 is 1.67 bits per heavy atom. The van der Waals surface area contributed by atoms with Crippen LogP contribution in [0.4, 0.5) is 0 Å². The minimum absolute atomic E-state index is 0.825. The van der Waals surface area contributed by atoms with E-state index in [9.17, 15) is 9.59 Å². The van der Waals surface area contributed by atoms with Crippen LogP contribution in [-0.4, -0.2) is 12.6 Å². The topological polar surface area (TPSA) is 34.1 Å². The van der Waals surface area contributed by atoms with Crippen LogP contribution in [0.5, 0.6) is 0 Å². The third-order valence-electron chi connectivity index (χ3n) is 2.44. The SMILES string of the molecule is CCCC=C(C=O)CC.CCCCCC=CC=O. The summed E-state index contributed by atoms with van der Waals surface area (Å²) < 4.78 is 0. The van der Waals surface area contributed by atoms with Crippen molar-refractivity contribution in [1.82, 2.24) is 0 Å². The number of hydrogen-bond acceptors (Lipinski definition) is 2. The molecule has 104 valence electrons. The van der Waals surface area contributed by atoms with Gasteiger partial charge in [-0.25, -0.2) is 0 Å². The second-order valence-electron chi connectivity index (χ2n) is 4.10. The average molecular weight is 252 g/mol. The molecule has 0 amide bonds. The Kier molecular flexibility index (Phi) is 19.4. The molecule has 0 fully saturated rings. The summed E-state index contributed by atoms with van der Waals surface area (Å²) in [5.41, 5.74) is 0.928. The van der Waals surface area contributed by atoms with E-state index in [4.69, 9.17) is 0 Å². The molecule has 0 bridgehead atoms. The fourth-order valence-electron chi connectivity index (χ4n) is 1.27. The van der Waals surface area contributed by atoms with Crippen LogP contribution in [0.3, 0.4) is 0 Å². The van der Waals surface area contributed by atoms with Crippen molar-refractivity contribution in [3.05, 3.63) is 23.8 Å². The molecule has 0 atom stereocenters. The number of allylic oxidation sites excluding steroid dienone is 4. The predicted octanol–water partition coefficient (Wildman–Crippen LogP) is 4.64. The van der Waals surface area contributed by atoms with Crippen LogP contribution >= 0.6 is 0 Å². The van der Waals surface area contributed by atoms with Gasteiger partial charge in [0.2, 0.25) is 0 Å². The van der Waals surface area contributed by atoms with Crippen molar-refractivity contribution >= 4 is 12.6 Å². The van der Waals surface area contributed by atoms with E-state index in [1.807, 2.05) is 19.1 Å². The van der Waals surface area contributed by atoms with E-state index in [-0.39, 0.29) is 0 Å². The highest BCUT2D eigenvalue weighted by molar-refractivity contribution is 5.72. The Labute approximate surface area is 112 Å². The van der Waals surface area contributed by atoms with Gasteiger partial charge in [0.1, 0.15) is 12.6 Å². The van der Waals surface area contributed by atoms with Gasteiger partial charge in [0, 0.05) is 0 Å². The van der Waals surface area contributed by atoms with Crippen molar-refractivity contribution in [1.29, 1.82) is 0 Å². The van der Waals surface area contributed by atoms with Crippen molar-refractivity contribution in [2.45, 2.75) is 65.7 Å². The molecule has 0 aliphatic carbocycles. The highest BCUT2D eigenvalue weighted by Crippen LogP contribution is 1.99. The molecule has 0 radical (unpaired) electrons. The lowest BCUT2D eigenvalue weighted by Crippen LogP contribution is -1.80. The molecule has 0 spiro atoms. The highest BCUT2D eigenvalue weighted by atomic mass is 16.1. The van der Waals surface area contributed by atoms with E-state index in [1.165, 1.54) is 19.3 Å². The normalized spacial score (nSPS) is 10.9. The van der Waals surface area contributed by atoms with Gasteiger partial charge < -0.3 is 0 Å². The predicted molar refractivity (Wildman–Crippen MR) is 78.7 cm³/mol. The summed E-state index contributed by atoms with van der Waals surface area (Å²) in [5.74, 6) is 0. The molecule has 0 aromatic heterocycles. The molecule has 0 aromatic rings. The summed E-state index contributed by atoms with van der Waals surface area (Å²) in [4.78, 5) is 19.9. The largest absolute Gasteiger partial charge is 0.299 e. The Bertz CT molecular complexity index is 239. The third kappa shape index (κ3) is 17.2. The van der Waals surface area contributed by atoms with Crippen molar-refractivity contribution in [2.24, 2.45) is 0 Å². The number of carbonyl (C=O) groups is 2. The minimum atomic E-state index is 0.825. The molecule has 0 rings (SSSR count). The molecule has 2 nitrogen and oxygen atoms in total. The smallest absolute Gasteiger partial charge is 0.145 e. The van der Waals surface area contributed by atoms with E-state index in [0.29, 0.717) is 0 Å². The molecule has 0 N–H and O–H groups in total. The fourth-order valence-corrected chi connectivity index (χ4v) is 1.27. The molecule has 0 heterocycles. The summed E-state index contributed by atoms with van der Waals surface area (Å²) >= 11 is 0. The first-order valence-corrected chi connectivity index (χ1v) is 7.01. The van der Waals surface area contributed by atoms with Gasteiger partial charge in [-0.3, -0.25) is 9.59 Å². The highest BCUT2D eigenvalue weighted by Gasteiger charge is 1.86. The van der Waals surface area contributed by atoms with Crippen molar-refractivity contribution < 1.29 is 9.59 Å². The van der Waals surface area contributed by atoms with Crippen molar-refractivity contribution in [3.8, 4) is 0 Å². The summed E-state index contributed by atoms with van der Waals surface area (Å²) in [6.07, 6.45) is 15.0. The number of carbonyl (C=O) groups excluding carboxylic acids is 2. The Morgan fingerprint density at radius 1 is 0.944 bits per heavy atom. The standard InChI is InChI=1S/2C8H14O/c1-3-5-6-8(4-2)7-9;1-2-3-4-5-6-7-8-9/h6-7H,3-5H2,1-2H3;6-8H,2-5H2,1H3. The second kappa shape index (κ2) is 18.2. The third-order valence-corrected chi connectivity index (χ3v) is 2.44. The average Bonchev–Trinajstić information content (AvgIpc) is 2.41. The first-order valence-electron chi connectivity index (χ1n) is 7.01. The Hall–Kier alpha value is -1.18. The van der Waals surface area contributed by atoms with Gasteiger partial charge in [0.05, 0.1) is 0 Å². The summed E-state index contributed by atoms with van der Waals surface area (Å²) in [5, 5.41) is 0. The number of unbranched alkanes of at least 4 members (excludes halogenated alkanes) is 4. The van der Waals surface area contributed by atoms with E-state index >= 15 is 0 Å². The van der Waals surface area contributed by atoms with E-state index in [1.54, 1.807) is 6.08 Å². The van der Waals surface area contributed by atoms with E-state index in [0.717, 1.165) is 43.8 Å². The van der Waals surface area contributed by atoms with Gasteiger partial charge in [0.25, 0.3) is 0 Å². The molecule has 0 aliphatic heterocycles. The van der Waals surface area contributed by atoms with Gasteiger partial charge in [-0.1, -0.05) is 52.2 Å². The lowest BCUT2D eigenvalue weighted by molar-refractivity contribution is -0.105. The molecule has 0 saturated carbocycles. The molecule has 0 aromatic carbocycles. The van der Waals surface area contributed by atoms with Crippen LogP contribution in [0.2, 0.25) is 0 Å². The van der Waals surface area contributed by atoms with Crippen molar-refractivity contribution in [2.75, 3.05) is 0 Å². The zero-order valence-corrected chi connectivity index (χ0v) is 12.2. The van der Waals surface area contributed by atoms with Gasteiger partial charge >= 0.3 is 0 Å². The van der Waals surface area contributed by atoms with Gasteiger partial charge in [-0.05, 0) is 37.3 Å². The molecular formula is C16H28O2. The lowest BCUT2D eigenvalue weighted by atomic mass is 10.2. The van der Waals surface area contributed by atoms with Crippen LogP contribution in [0.25, 0.3) is 0 Å². The second-order valence-corrected chi connectivity index (χ2v) is 4.10. The number of rotatable bonds is 9. The van der Waals surface area contributed by atoms with Crippen LogP contribution in [0.1, 0.15) is 65.7 Å². The lowest BCUT2D eigenvalue weighted by Gasteiger charge is -1.90. The summed E-state index contributed by atoms with van der Waals surface area (Å²) in [7, 11) is 0. The molecule has 18 heavy (non-hydrogen) atoms. The number of aldehydes is 2. The first-order chi connectivity index (χ1) is 8.76. The Balaban J connectivity index is 0. The van der Waals surface area contributed by atoms with Crippen LogP contribution in [0, 0.1) is 0 Å². The van der Waals surface area contributed by atoms with Gasteiger partial charge in [-0.2, -0.15) is 0 Å². The quantitative estimate of drug-likeness (QED) is 0.340. The van der Waals surface area contributed by atoms with E-state index in [2.05, 4.69) is 13.8 Å². The maximum absolute atomic E-state index is 10.2. The van der Waals surface area contributed by atoms with Crippen LogP contribution in [0.15, 0.2) is 23.8 Å². The van der Waals surface area contributed by atoms with Gasteiger partial charge in [-0.15, -0.1) is 0 Å². The monoisotopic (exact) mass is 252 g/mol. The van der Waals surface area contributed by atoms with Crippen molar-refractivity contribution in [3.63, 3.8) is 0 Å². The molecule has 2 heteroatoms. The fraction of sp³-hybridized carbons (Fsp3) is 0.625. The zero-order valence-electron chi connectivity index (χ0n) is 12.2. The van der Waals surface area contributed by atoms with Crippen LogP contribution < -0.4 is 0 Å². The maximum Gasteiger partial charge on any atom is 0.145 e. The minimum Gasteiger partial charge on any atom is -0.299 e. The van der Waals surface area contributed by atoms with Crippen LogP contribution in [-0.2, 0) is 9.59 Å². The molecule has 0 unspecified atom stereocenters. The molecular weight excluding hydrogens is 224 g/mol. The summed E-state index contributed by atoms with van der Waals surface area (Å²) in [6.45, 7) is 6.27. The number of hydrogen-bond donors (Lipinski definition) is 0. The maximum atomic E-state index is 10.2. The zero-order chi connectivity index (χ0) is 14.1. The Morgan fingerprint density at radius 3 is 2.11 bits per heavy atom. The first kappa shape index (κ1) is 19.2. The van der Waals surface area contributed by atoms with E-state index < -0.39 is 0 Å². The molecule has 0 saturated heterocycles.